The summed E-state index contributed by atoms with van der Waals surface area (Å²) in [5.41, 5.74) is 1.97. The van der Waals surface area contributed by atoms with E-state index in [1.165, 1.54) is 0 Å². The van der Waals surface area contributed by atoms with Crippen molar-refractivity contribution >= 4 is 27.5 Å². The fraction of sp³-hybridized carbons (Fsp3) is 0.533. The summed E-state index contributed by atoms with van der Waals surface area (Å²) in [7, 11) is 0. The first kappa shape index (κ1) is 14.5. The van der Waals surface area contributed by atoms with Crippen molar-refractivity contribution in [3.05, 3.63) is 28.2 Å². The Morgan fingerprint density at radius 1 is 1.26 bits per heavy atom. The lowest BCUT2D eigenvalue weighted by Gasteiger charge is -2.18. The predicted molar refractivity (Wildman–Crippen MR) is 80.2 cm³/mol. The van der Waals surface area contributed by atoms with Gasteiger partial charge < -0.3 is 10.1 Å². The molecule has 0 aromatic heterocycles. The molecule has 4 atom stereocenters. The van der Waals surface area contributed by atoms with Crippen LogP contribution in [0.1, 0.15) is 26.3 Å². The summed E-state index contributed by atoms with van der Waals surface area (Å²) in [6.45, 7) is 8.08. The molecule has 2 rings (SSSR count). The molecule has 4 unspecified atom stereocenters. The number of carbonyl (C=O) groups excluding carboxylic acids is 1. The minimum absolute atomic E-state index is 0.0331. The number of rotatable bonds is 2. The van der Waals surface area contributed by atoms with Gasteiger partial charge in [0.05, 0.1) is 23.8 Å². The molecule has 1 aliphatic rings. The van der Waals surface area contributed by atoms with Gasteiger partial charge in [0.15, 0.2) is 0 Å². The molecular weight excluding hydrogens is 306 g/mol. The number of hydrogen-bond donors (Lipinski definition) is 1. The molecule has 1 fully saturated rings. The van der Waals surface area contributed by atoms with Crippen LogP contribution in [0.3, 0.4) is 0 Å². The fourth-order valence-electron chi connectivity index (χ4n) is 2.66. The molecule has 104 valence electrons. The number of amides is 1. The van der Waals surface area contributed by atoms with Crippen LogP contribution in [0.2, 0.25) is 0 Å². The van der Waals surface area contributed by atoms with Crippen LogP contribution >= 0.6 is 15.9 Å². The number of halogens is 1. The van der Waals surface area contributed by atoms with E-state index in [-0.39, 0.29) is 30.0 Å². The first-order valence-electron chi connectivity index (χ1n) is 6.62. The van der Waals surface area contributed by atoms with E-state index in [4.69, 9.17) is 4.74 Å². The van der Waals surface area contributed by atoms with E-state index >= 15 is 0 Å². The number of hydrogen-bond acceptors (Lipinski definition) is 2. The van der Waals surface area contributed by atoms with Crippen molar-refractivity contribution in [1.82, 2.24) is 0 Å². The van der Waals surface area contributed by atoms with Crippen LogP contribution in [-0.4, -0.2) is 18.1 Å². The minimum Gasteiger partial charge on any atom is -0.374 e. The average molecular weight is 326 g/mol. The van der Waals surface area contributed by atoms with Crippen LogP contribution in [-0.2, 0) is 9.53 Å². The Bertz CT molecular complexity index is 489. The maximum atomic E-state index is 12.4. The third kappa shape index (κ3) is 3.00. The third-order valence-electron chi connectivity index (χ3n) is 3.93. The van der Waals surface area contributed by atoms with E-state index < -0.39 is 0 Å². The number of benzene rings is 1. The molecule has 1 saturated heterocycles. The Morgan fingerprint density at radius 2 is 1.95 bits per heavy atom. The van der Waals surface area contributed by atoms with Gasteiger partial charge in [0, 0.05) is 4.47 Å². The molecule has 0 spiro atoms. The second-order valence-corrected chi connectivity index (χ2v) is 6.26. The largest absolute Gasteiger partial charge is 0.374 e. The second-order valence-electron chi connectivity index (χ2n) is 5.40. The zero-order valence-electron chi connectivity index (χ0n) is 11.7. The van der Waals surface area contributed by atoms with Crippen LogP contribution in [0, 0.1) is 18.8 Å². The SMILES string of the molecule is Cc1ccc(NC(=O)C2C(C)OC(C)C2C)c(Br)c1. The molecule has 0 bridgehead atoms. The molecule has 3 nitrogen and oxygen atoms in total. The molecule has 1 aromatic carbocycles. The predicted octanol–water partition coefficient (Wildman–Crippen LogP) is 3.76. The normalized spacial score (nSPS) is 30.4. The highest BCUT2D eigenvalue weighted by molar-refractivity contribution is 9.10. The van der Waals surface area contributed by atoms with Crippen LogP contribution in [0.5, 0.6) is 0 Å². The van der Waals surface area contributed by atoms with Crippen molar-refractivity contribution < 1.29 is 9.53 Å². The zero-order chi connectivity index (χ0) is 14.2. The molecule has 1 aromatic rings. The van der Waals surface area contributed by atoms with E-state index in [2.05, 4.69) is 28.2 Å². The van der Waals surface area contributed by atoms with Crippen LogP contribution in [0.25, 0.3) is 0 Å². The van der Waals surface area contributed by atoms with E-state index in [0.717, 1.165) is 15.7 Å². The van der Waals surface area contributed by atoms with Gasteiger partial charge >= 0.3 is 0 Å². The maximum Gasteiger partial charge on any atom is 0.230 e. The molecule has 0 radical (unpaired) electrons. The van der Waals surface area contributed by atoms with Gasteiger partial charge in [-0.15, -0.1) is 0 Å². The van der Waals surface area contributed by atoms with Gasteiger partial charge in [-0.2, -0.15) is 0 Å². The molecule has 1 amide bonds. The highest BCUT2D eigenvalue weighted by atomic mass is 79.9. The average Bonchev–Trinajstić information content (AvgIpc) is 2.57. The molecule has 1 heterocycles. The Morgan fingerprint density at radius 3 is 2.47 bits per heavy atom. The number of anilines is 1. The van der Waals surface area contributed by atoms with Crippen LogP contribution in [0.4, 0.5) is 5.69 Å². The Kier molecular flexibility index (Phi) is 4.31. The summed E-state index contributed by atoms with van der Waals surface area (Å²) < 4.78 is 6.63. The van der Waals surface area contributed by atoms with Crippen LogP contribution < -0.4 is 5.32 Å². The van der Waals surface area contributed by atoms with E-state index in [1.54, 1.807) is 0 Å². The molecule has 4 heteroatoms. The Hall–Kier alpha value is -0.870. The zero-order valence-corrected chi connectivity index (χ0v) is 13.3. The van der Waals surface area contributed by atoms with Crippen molar-refractivity contribution in [2.75, 3.05) is 5.32 Å². The van der Waals surface area contributed by atoms with E-state index in [0.29, 0.717) is 0 Å². The monoisotopic (exact) mass is 325 g/mol. The van der Waals surface area contributed by atoms with Gasteiger partial charge in [0.1, 0.15) is 0 Å². The number of aryl methyl sites for hydroxylation is 1. The number of ether oxygens (including phenoxy) is 1. The highest BCUT2D eigenvalue weighted by Gasteiger charge is 2.41. The summed E-state index contributed by atoms with van der Waals surface area (Å²) in [4.78, 5) is 12.4. The van der Waals surface area contributed by atoms with Gasteiger partial charge in [0.2, 0.25) is 5.91 Å². The van der Waals surface area contributed by atoms with Crippen molar-refractivity contribution in [3.8, 4) is 0 Å². The van der Waals surface area contributed by atoms with Crippen molar-refractivity contribution in [2.45, 2.75) is 39.9 Å². The number of carbonyl (C=O) groups is 1. The summed E-state index contributed by atoms with van der Waals surface area (Å²) in [5, 5.41) is 2.99. The smallest absolute Gasteiger partial charge is 0.230 e. The highest BCUT2D eigenvalue weighted by Crippen LogP contribution is 2.33. The van der Waals surface area contributed by atoms with Crippen molar-refractivity contribution in [3.63, 3.8) is 0 Å². The molecule has 0 saturated carbocycles. The number of nitrogens with one attached hydrogen (secondary N) is 1. The summed E-state index contributed by atoms with van der Waals surface area (Å²) >= 11 is 3.48. The second kappa shape index (κ2) is 5.63. The van der Waals surface area contributed by atoms with E-state index in [9.17, 15) is 4.79 Å². The van der Waals surface area contributed by atoms with Gasteiger partial charge in [0.25, 0.3) is 0 Å². The third-order valence-corrected chi connectivity index (χ3v) is 4.58. The molecule has 1 aliphatic heterocycles. The standard InChI is InChI=1S/C15H20BrNO2/c1-8-5-6-13(12(16)7-8)17-15(18)14-9(2)10(3)19-11(14)4/h5-7,9-11,14H,1-4H3,(H,17,18). The minimum atomic E-state index is -0.0943. The lowest BCUT2D eigenvalue weighted by atomic mass is 9.89. The molecular formula is C15H20BrNO2. The van der Waals surface area contributed by atoms with E-state index in [1.807, 2.05) is 39.0 Å². The fourth-order valence-corrected chi connectivity index (χ4v) is 3.25. The quantitative estimate of drug-likeness (QED) is 0.899. The molecule has 1 N–H and O–H groups in total. The Labute approximate surface area is 122 Å². The first-order chi connectivity index (χ1) is 8.90. The maximum absolute atomic E-state index is 12.4. The van der Waals surface area contributed by atoms with Crippen molar-refractivity contribution in [1.29, 1.82) is 0 Å². The molecule has 19 heavy (non-hydrogen) atoms. The Balaban J connectivity index is 2.13. The van der Waals surface area contributed by atoms with Crippen LogP contribution in [0.15, 0.2) is 22.7 Å². The summed E-state index contributed by atoms with van der Waals surface area (Å²) in [6, 6.07) is 5.91. The lowest BCUT2D eigenvalue weighted by molar-refractivity contribution is -0.121. The van der Waals surface area contributed by atoms with Gasteiger partial charge in [-0.3, -0.25) is 4.79 Å². The first-order valence-corrected chi connectivity index (χ1v) is 7.42. The lowest BCUT2D eigenvalue weighted by Crippen LogP contribution is -2.32. The molecule has 0 aliphatic carbocycles. The van der Waals surface area contributed by atoms with Gasteiger partial charge in [-0.05, 0) is 60.3 Å². The summed E-state index contributed by atoms with van der Waals surface area (Å²) in [5.74, 6) is 0.177. The van der Waals surface area contributed by atoms with Gasteiger partial charge in [-0.1, -0.05) is 13.0 Å². The summed E-state index contributed by atoms with van der Waals surface area (Å²) in [6.07, 6.45) is 0.0985. The van der Waals surface area contributed by atoms with Gasteiger partial charge in [-0.25, -0.2) is 0 Å². The topological polar surface area (TPSA) is 38.3 Å². The van der Waals surface area contributed by atoms with Crippen molar-refractivity contribution in [2.24, 2.45) is 11.8 Å².